The van der Waals surface area contributed by atoms with Crippen molar-refractivity contribution >= 4 is 22.7 Å². The molecule has 3 aromatic carbocycles. The highest BCUT2D eigenvalue weighted by atomic mass is 16.5. The van der Waals surface area contributed by atoms with E-state index >= 15 is 0 Å². The number of nitrogens with one attached hydrogen (secondary N) is 1. The molecular formula is C23H20N2O3. The molecule has 0 saturated heterocycles. The van der Waals surface area contributed by atoms with Gasteiger partial charge in [-0.05, 0) is 48.9 Å². The molecule has 1 heterocycles. The van der Waals surface area contributed by atoms with Crippen LogP contribution in [0, 0.1) is 6.92 Å². The standard InChI is InChI=1S/C23H20N2O3/c1-16-6-12-19(13-7-16)27-15-22(26)24-18-10-8-17(9-11-18)14-23-25-20-4-2-3-5-21(20)28-23/h2-13H,14-15H2,1H3,(H,24,26). The summed E-state index contributed by atoms with van der Waals surface area (Å²) in [7, 11) is 0. The number of amides is 1. The molecule has 1 aromatic heterocycles. The number of hydrogen-bond donors (Lipinski definition) is 1. The number of oxazole rings is 1. The van der Waals surface area contributed by atoms with Gasteiger partial charge in [0.05, 0.1) is 0 Å². The highest BCUT2D eigenvalue weighted by Gasteiger charge is 2.07. The lowest BCUT2D eigenvalue weighted by molar-refractivity contribution is -0.118. The third-order valence-electron chi connectivity index (χ3n) is 4.32. The summed E-state index contributed by atoms with van der Waals surface area (Å²) in [6, 6.07) is 22.9. The predicted molar refractivity (Wildman–Crippen MR) is 109 cm³/mol. The Morgan fingerprint density at radius 2 is 1.75 bits per heavy atom. The monoisotopic (exact) mass is 372 g/mol. The van der Waals surface area contributed by atoms with Crippen LogP contribution in [0.25, 0.3) is 11.1 Å². The molecular weight excluding hydrogens is 352 g/mol. The molecule has 28 heavy (non-hydrogen) atoms. The molecule has 1 amide bonds. The largest absolute Gasteiger partial charge is 0.484 e. The molecule has 0 saturated carbocycles. The van der Waals surface area contributed by atoms with Crippen LogP contribution in [0.15, 0.2) is 77.2 Å². The molecule has 4 rings (SSSR count). The third kappa shape index (κ3) is 4.38. The average molecular weight is 372 g/mol. The number of hydrogen-bond acceptors (Lipinski definition) is 4. The van der Waals surface area contributed by atoms with Crippen LogP contribution < -0.4 is 10.1 Å². The van der Waals surface area contributed by atoms with E-state index in [4.69, 9.17) is 9.15 Å². The maximum atomic E-state index is 12.1. The molecule has 0 bridgehead atoms. The second-order valence-corrected chi connectivity index (χ2v) is 6.60. The van der Waals surface area contributed by atoms with Crippen LogP contribution in [0.1, 0.15) is 17.0 Å². The molecule has 0 aliphatic carbocycles. The number of anilines is 1. The lowest BCUT2D eigenvalue weighted by Gasteiger charge is -2.08. The number of nitrogens with zero attached hydrogens (tertiary/aromatic N) is 1. The van der Waals surface area contributed by atoms with E-state index in [9.17, 15) is 4.79 Å². The van der Waals surface area contributed by atoms with Crippen molar-refractivity contribution in [2.45, 2.75) is 13.3 Å². The number of carbonyl (C=O) groups is 1. The van der Waals surface area contributed by atoms with Gasteiger partial charge in [-0.25, -0.2) is 4.98 Å². The molecule has 1 N–H and O–H groups in total. The smallest absolute Gasteiger partial charge is 0.262 e. The van der Waals surface area contributed by atoms with Crippen LogP contribution in [0.2, 0.25) is 0 Å². The van der Waals surface area contributed by atoms with Gasteiger partial charge in [-0.2, -0.15) is 0 Å². The molecule has 140 valence electrons. The van der Waals surface area contributed by atoms with E-state index in [1.807, 2.05) is 79.7 Å². The summed E-state index contributed by atoms with van der Waals surface area (Å²) in [5.74, 6) is 1.14. The zero-order valence-electron chi connectivity index (χ0n) is 15.5. The summed E-state index contributed by atoms with van der Waals surface area (Å²) < 4.78 is 11.2. The molecule has 0 fully saturated rings. The van der Waals surface area contributed by atoms with E-state index in [2.05, 4.69) is 10.3 Å². The van der Waals surface area contributed by atoms with Crippen LogP contribution in [0.3, 0.4) is 0 Å². The first-order chi connectivity index (χ1) is 13.7. The van der Waals surface area contributed by atoms with Crippen molar-refractivity contribution < 1.29 is 13.9 Å². The van der Waals surface area contributed by atoms with Crippen molar-refractivity contribution in [2.24, 2.45) is 0 Å². The van der Waals surface area contributed by atoms with Crippen molar-refractivity contribution in [2.75, 3.05) is 11.9 Å². The van der Waals surface area contributed by atoms with Crippen molar-refractivity contribution in [1.29, 1.82) is 0 Å². The van der Waals surface area contributed by atoms with Gasteiger partial charge in [-0.15, -0.1) is 0 Å². The van der Waals surface area contributed by atoms with Gasteiger partial charge < -0.3 is 14.5 Å². The van der Waals surface area contributed by atoms with Crippen molar-refractivity contribution in [3.8, 4) is 5.75 Å². The van der Waals surface area contributed by atoms with Crippen LogP contribution in [-0.2, 0) is 11.2 Å². The van der Waals surface area contributed by atoms with Gasteiger partial charge in [0.1, 0.15) is 11.3 Å². The van der Waals surface area contributed by atoms with Crippen molar-refractivity contribution in [1.82, 2.24) is 4.98 Å². The van der Waals surface area contributed by atoms with E-state index < -0.39 is 0 Å². The summed E-state index contributed by atoms with van der Waals surface area (Å²) in [5.41, 5.74) is 4.57. The number of carbonyl (C=O) groups excluding carboxylic acids is 1. The minimum absolute atomic E-state index is 0.0340. The molecule has 0 atom stereocenters. The zero-order chi connectivity index (χ0) is 19.3. The number of fused-ring (bicyclic) bond motifs is 1. The fourth-order valence-electron chi connectivity index (χ4n) is 2.86. The minimum Gasteiger partial charge on any atom is -0.484 e. The first kappa shape index (κ1) is 17.8. The van der Waals surface area contributed by atoms with Crippen molar-refractivity contribution in [3.63, 3.8) is 0 Å². The number of rotatable bonds is 6. The van der Waals surface area contributed by atoms with E-state index in [0.717, 1.165) is 27.9 Å². The molecule has 4 aromatic rings. The van der Waals surface area contributed by atoms with Crippen molar-refractivity contribution in [3.05, 3.63) is 89.8 Å². The Bertz CT molecular complexity index is 1050. The molecule has 5 heteroatoms. The Hall–Kier alpha value is -3.60. The lowest BCUT2D eigenvalue weighted by atomic mass is 10.1. The number of benzene rings is 3. The summed E-state index contributed by atoms with van der Waals surface area (Å²) >= 11 is 0. The normalized spacial score (nSPS) is 10.8. The molecule has 0 aliphatic rings. The Morgan fingerprint density at radius 1 is 1.00 bits per heavy atom. The average Bonchev–Trinajstić information content (AvgIpc) is 3.11. The summed E-state index contributed by atoms with van der Waals surface area (Å²) in [5, 5.41) is 2.83. The van der Waals surface area contributed by atoms with Crippen LogP contribution in [0.4, 0.5) is 5.69 Å². The summed E-state index contributed by atoms with van der Waals surface area (Å²) in [6.45, 7) is 1.97. The fourth-order valence-corrected chi connectivity index (χ4v) is 2.86. The number of ether oxygens (including phenoxy) is 1. The Balaban J connectivity index is 1.32. The number of para-hydroxylation sites is 2. The third-order valence-corrected chi connectivity index (χ3v) is 4.32. The van der Waals surface area contributed by atoms with Gasteiger partial charge in [0.2, 0.25) is 0 Å². The second-order valence-electron chi connectivity index (χ2n) is 6.60. The van der Waals surface area contributed by atoms with Gasteiger partial charge >= 0.3 is 0 Å². The van der Waals surface area contributed by atoms with Gasteiger partial charge in [-0.1, -0.05) is 42.0 Å². The second kappa shape index (κ2) is 7.96. The van der Waals surface area contributed by atoms with Gasteiger partial charge in [0, 0.05) is 12.1 Å². The van der Waals surface area contributed by atoms with Gasteiger partial charge in [0.15, 0.2) is 18.1 Å². The first-order valence-electron chi connectivity index (χ1n) is 9.08. The number of aryl methyl sites for hydroxylation is 1. The Kier molecular flexibility index (Phi) is 5.06. The summed E-state index contributed by atoms with van der Waals surface area (Å²) in [4.78, 5) is 16.6. The maximum Gasteiger partial charge on any atom is 0.262 e. The first-order valence-corrected chi connectivity index (χ1v) is 9.08. The van der Waals surface area contributed by atoms with E-state index in [0.29, 0.717) is 18.1 Å². The minimum atomic E-state index is -0.202. The van der Waals surface area contributed by atoms with E-state index in [-0.39, 0.29) is 12.5 Å². The Morgan fingerprint density at radius 3 is 2.50 bits per heavy atom. The van der Waals surface area contributed by atoms with Crippen LogP contribution in [-0.4, -0.2) is 17.5 Å². The number of aromatic nitrogens is 1. The van der Waals surface area contributed by atoms with Gasteiger partial charge in [-0.3, -0.25) is 4.79 Å². The predicted octanol–water partition coefficient (Wildman–Crippen LogP) is 4.74. The lowest BCUT2D eigenvalue weighted by Crippen LogP contribution is -2.20. The Labute approximate surface area is 163 Å². The van der Waals surface area contributed by atoms with E-state index in [1.54, 1.807) is 0 Å². The molecule has 5 nitrogen and oxygen atoms in total. The summed E-state index contributed by atoms with van der Waals surface area (Å²) in [6.07, 6.45) is 0.597. The van der Waals surface area contributed by atoms with E-state index in [1.165, 1.54) is 0 Å². The fraction of sp³-hybridized carbons (Fsp3) is 0.130. The highest BCUT2D eigenvalue weighted by Crippen LogP contribution is 2.18. The quantitative estimate of drug-likeness (QED) is 0.531. The molecule has 0 radical (unpaired) electrons. The highest BCUT2D eigenvalue weighted by molar-refractivity contribution is 5.91. The van der Waals surface area contributed by atoms with Gasteiger partial charge in [0.25, 0.3) is 5.91 Å². The maximum absolute atomic E-state index is 12.1. The SMILES string of the molecule is Cc1ccc(OCC(=O)Nc2ccc(Cc3nc4ccccc4o3)cc2)cc1. The molecule has 0 unspecified atom stereocenters. The van der Waals surface area contributed by atoms with Crippen LogP contribution in [0.5, 0.6) is 5.75 Å². The van der Waals surface area contributed by atoms with Crippen LogP contribution >= 0.6 is 0 Å². The molecule has 0 spiro atoms. The topological polar surface area (TPSA) is 64.4 Å². The zero-order valence-corrected chi connectivity index (χ0v) is 15.5. The molecule has 0 aliphatic heterocycles.